The van der Waals surface area contributed by atoms with Crippen LogP contribution in [0, 0.1) is 0 Å². The summed E-state index contributed by atoms with van der Waals surface area (Å²) >= 11 is 0. The predicted molar refractivity (Wildman–Crippen MR) is 117 cm³/mol. The lowest BCUT2D eigenvalue weighted by Gasteiger charge is -2.10. The molecular formula is C26H25N. The van der Waals surface area contributed by atoms with Gasteiger partial charge in [-0.2, -0.15) is 0 Å². The van der Waals surface area contributed by atoms with Crippen molar-refractivity contribution in [1.29, 1.82) is 0 Å². The van der Waals surface area contributed by atoms with Crippen LogP contribution < -0.4 is 0 Å². The van der Waals surface area contributed by atoms with Gasteiger partial charge in [0.05, 0.1) is 5.69 Å². The summed E-state index contributed by atoms with van der Waals surface area (Å²) in [5, 5.41) is 0. The van der Waals surface area contributed by atoms with Gasteiger partial charge in [-0.3, -0.25) is 4.99 Å². The molecule has 0 bridgehead atoms. The lowest BCUT2D eigenvalue weighted by atomic mass is 9.98. The normalized spacial score (nSPS) is 13.0. The minimum atomic E-state index is 0.993. The standard InChI is InChI=1S/C26H25N/c1-3-19-13-9-14-20(4-2)26(19)27-18-23-12-7-8-15-25(23)24-16-21-10-5-6-11-22(21)17-24/h5-16,18H,3-4,17H2,1-2H3. The first-order valence-electron chi connectivity index (χ1n) is 9.82. The second kappa shape index (κ2) is 7.75. The highest BCUT2D eigenvalue weighted by molar-refractivity contribution is 5.96. The molecule has 27 heavy (non-hydrogen) atoms. The number of para-hydroxylation sites is 1. The SMILES string of the molecule is CCc1cccc(CC)c1N=Cc1ccccc1C1=Cc2ccccc2C1. The average molecular weight is 351 g/mol. The number of nitrogens with zero attached hydrogens (tertiary/aromatic N) is 1. The van der Waals surface area contributed by atoms with Gasteiger partial charge in [-0.25, -0.2) is 0 Å². The third-order valence-corrected chi connectivity index (χ3v) is 5.37. The van der Waals surface area contributed by atoms with Crippen molar-refractivity contribution in [2.24, 2.45) is 4.99 Å². The van der Waals surface area contributed by atoms with E-state index in [2.05, 4.69) is 86.7 Å². The Labute approximate surface area is 162 Å². The lowest BCUT2D eigenvalue weighted by molar-refractivity contribution is 1.08. The number of hydrogen-bond acceptors (Lipinski definition) is 1. The first-order valence-corrected chi connectivity index (χ1v) is 9.82. The van der Waals surface area contributed by atoms with Crippen molar-refractivity contribution in [2.75, 3.05) is 0 Å². The highest BCUT2D eigenvalue weighted by atomic mass is 14.7. The lowest BCUT2D eigenvalue weighted by Crippen LogP contribution is -1.94. The van der Waals surface area contributed by atoms with Crippen molar-refractivity contribution in [3.8, 4) is 0 Å². The van der Waals surface area contributed by atoms with Gasteiger partial charge in [-0.15, -0.1) is 0 Å². The van der Waals surface area contributed by atoms with Crippen LogP contribution in [0.25, 0.3) is 11.6 Å². The Morgan fingerprint density at radius 2 is 1.52 bits per heavy atom. The molecule has 0 atom stereocenters. The highest BCUT2D eigenvalue weighted by Gasteiger charge is 2.15. The quantitative estimate of drug-likeness (QED) is 0.456. The van der Waals surface area contributed by atoms with E-state index in [4.69, 9.17) is 4.99 Å². The van der Waals surface area contributed by atoms with Gasteiger partial charge in [-0.1, -0.05) is 86.7 Å². The molecule has 0 saturated carbocycles. The van der Waals surface area contributed by atoms with Crippen LogP contribution in [0.1, 0.15) is 47.2 Å². The van der Waals surface area contributed by atoms with Crippen LogP contribution in [0.4, 0.5) is 5.69 Å². The molecule has 1 nitrogen and oxygen atoms in total. The van der Waals surface area contributed by atoms with Crippen LogP contribution in [0.5, 0.6) is 0 Å². The Balaban J connectivity index is 1.71. The van der Waals surface area contributed by atoms with Gasteiger partial charge in [0.1, 0.15) is 0 Å². The number of fused-ring (bicyclic) bond motifs is 1. The van der Waals surface area contributed by atoms with Gasteiger partial charge in [0, 0.05) is 11.8 Å². The Kier molecular flexibility index (Phi) is 5.02. The molecule has 1 aliphatic carbocycles. The fourth-order valence-corrected chi connectivity index (χ4v) is 3.87. The molecule has 0 unspecified atom stereocenters. The van der Waals surface area contributed by atoms with Crippen LogP contribution in [-0.2, 0) is 19.3 Å². The topological polar surface area (TPSA) is 12.4 Å². The van der Waals surface area contributed by atoms with E-state index in [-0.39, 0.29) is 0 Å². The van der Waals surface area contributed by atoms with E-state index in [0.29, 0.717) is 0 Å². The Bertz CT molecular complexity index is 1000. The second-order valence-corrected chi connectivity index (χ2v) is 7.02. The molecule has 0 heterocycles. The van der Waals surface area contributed by atoms with Crippen molar-refractivity contribution >= 4 is 23.6 Å². The van der Waals surface area contributed by atoms with E-state index in [9.17, 15) is 0 Å². The van der Waals surface area contributed by atoms with Gasteiger partial charge in [-0.05, 0) is 52.7 Å². The average Bonchev–Trinajstić information content (AvgIpc) is 3.16. The van der Waals surface area contributed by atoms with Crippen molar-refractivity contribution in [1.82, 2.24) is 0 Å². The molecule has 0 radical (unpaired) electrons. The summed E-state index contributed by atoms with van der Waals surface area (Å²) in [4.78, 5) is 4.95. The second-order valence-electron chi connectivity index (χ2n) is 7.02. The van der Waals surface area contributed by atoms with Crippen LogP contribution in [0.15, 0.2) is 71.7 Å². The number of hydrogen-bond donors (Lipinski definition) is 0. The van der Waals surface area contributed by atoms with Crippen LogP contribution in [0.2, 0.25) is 0 Å². The van der Waals surface area contributed by atoms with Gasteiger partial charge in [0.25, 0.3) is 0 Å². The smallest absolute Gasteiger partial charge is 0.0693 e. The molecule has 134 valence electrons. The van der Waals surface area contributed by atoms with Gasteiger partial charge < -0.3 is 0 Å². The summed E-state index contributed by atoms with van der Waals surface area (Å²) < 4.78 is 0. The number of rotatable bonds is 5. The summed E-state index contributed by atoms with van der Waals surface area (Å²) in [6.07, 6.45) is 7.37. The van der Waals surface area contributed by atoms with E-state index in [1.54, 1.807) is 0 Å². The third-order valence-electron chi connectivity index (χ3n) is 5.37. The molecule has 3 aromatic rings. The Morgan fingerprint density at radius 1 is 0.815 bits per heavy atom. The van der Waals surface area contributed by atoms with Crippen molar-refractivity contribution in [3.05, 3.63) is 100 Å². The van der Waals surface area contributed by atoms with Crippen LogP contribution >= 0.6 is 0 Å². The molecule has 4 rings (SSSR count). The predicted octanol–water partition coefficient (Wildman–Crippen LogP) is 6.66. The minimum Gasteiger partial charge on any atom is -0.256 e. The maximum absolute atomic E-state index is 4.95. The van der Waals surface area contributed by atoms with Gasteiger partial charge in [0.2, 0.25) is 0 Å². The molecule has 0 spiro atoms. The van der Waals surface area contributed by atoms with Crippen molar-refractivity contribution in [3.63, 3.8) is 0 Å². The first-order chi connectivity index (χ1) is 13.3. The van der Waals surface area contributed by atoms with Crippen LogP contribution in [0.3, 0.4) is 0 Å². The van der Waals surface area contributed by atoms with Gasteiger partial charge in [0.15, 0.2) is 0 Å². The number of benzene rings is 3. The van der Waals surface area contributed by atoms with E-state index in [0.717, 1.165) is 24.9 Å². The van der Waals surface area contributed by atoms with E-state index in [1.165, 1.54) is 39.0 Å². The molecular weight excluding hydrogens is 326 g/mol. The van der Waals surface area contributed by atoms with Crippen LogP contribution in [-0.4, -0.2) is 6.21 Å². The summed E-state index contributed by atoms with van der Waals surface area (Å²) in [6.45, 7) is 4.39. The summed E-state index contributed by atoms with van der Waals surface area (Å²) in [5.41, 5.74) is 10.4. The number of allylic oxidation sites excluding steroid dienone is 1. The molecule has 0 aromatic heterocycles. The number of aliphatic imine (C=N–C) groups is 1. The minimum absolute atomic E-state index is 0.993. The summed E-state index contributed by atoms with van der Waals surface area (Å²) in [5.74, 6) is 0. The van der Waals surface area contributed by atoms with Gasteiger partial charge >= 0.3 is 0 Å². The van der Waals surface area contributed by atoms with E-state index >= 15 is 0 Å². The van der Waals surface area contributed by atoms with E-state index in [1.807, 2.05) is 6.21 Å². The zero-order valence-corrected chi connectivity index (χ0v) is 16.1. The fraction of sp³-hybridized carbons (Fsp3) is 0.192. The zero-order chi connectivity index (χ0) is 18.6. The zero-order valence-electron chi connectivity index (χ0n) is 16.1. The highest BCUT2D eigenvalue weighted by Crippen LogP contribution is 2.33. The molecule has 1 aliphatic rings. The largest absolute Gasteiger partial charge is 0.256 e. The van der Waals surface area contributed by atoms with E-state index < -0.39 is 0 Å². The molecule has 0 fully saturated rings. The number of aryl methyl sites for hydroxylation is 2. The Hall–Kier alpha value is -2.93. The monoisotopic (exact) mass is 351 g/mol. The fourth-order valence-electron chi connectivity index (χ4n) is 3.87. The Morgan fingerprint density at radius 3 is 2.26 bits per heavy atom. The molecule has 0 aliphatic heterocycles. The molecule has 0 N–H and O–H groups in total. The molecule has 0 amide bonds. The molecule has 3 aromatic carbocycles. The van der Waals surface area contributed by atoms with Crippen molar-refractivity contribution < 1.29 is 0 Å². The maximum Gasteiger partial charge on any atom is 0.0693 e. The first kappa shape index (κ1) is 17.5. The molecule has 0 saturated heterocycles. The summed E-state index contributed by atoms with van der Waals surface area (Å²) in [6, 6.07) is 23.8. The van der Waals surface area contributed by atoms with Crippen molar-refractivity contribution in [2.45, 2.75) is 33.1 Å². The maximum atomic E-state index is 4.95. The molecule has 1 heteroatoms. The summed E-state index contributed by atoms with van der Waals surface area (Å²) in [7, 11) is 0. The third kappa shape index (κ3) is 3.50.